The van der Waals surface area contributed by atoms with E-state index in [2.05, 4.69) is 5.32 Å². The lowest BCUT2D eigenvalue weighted by molar-refractivity contribution is -0.133. The van der Waals surface area contributed by atoms with Crippen LogP contribution in [-0.4, -0.2) is 53.6 Å². The third kappa shape index (κ3) is 5.21. The third-order valence-electron chi connectivity index (χ3n) is 8.04. The van der Waals surface area contributed by atoms with E-state index in [0.29, 0.717) is 43.1 Å². The van der Waals surface area contributed by atoms with E-state index in [1.807, 2.05) is 45.9 Å². The Bertz CT molecular complexity index is 1040. The molecule has 9 heteroatoms. The van der Waals surface area contributed by atoms with Crippen LogP contribution < -0.4 is 15.8 Å². The fraction of sp³-hybridized carbons (Fsp3) is 0.667. The molecule has 2 amide bonds. The smallest absolute Gasteiger partial charge is 0.231 e. The van der Waals surface area contributed by atoms with Gasteiger partial charge in [-0.2, -0.15) is 0 Å². The summed E-state index contributed by atoms with van der Waals surface area (Å²) in [7, 11) is 1.64. The molecule has 3 unspecified atom stereocenters. The van der Waals surface area contributed by atoms with Gasteiger partial charge in [-0.3, -0.25) is 14.5 Å². The summed E-state index contributed by atoms with van der Waals surface area (Å²) in [5, 5.41) is 3.81. The van der Waals surface area contributed by atoms with Crippen molar-refractivity contribution in [2.24, 2.45) is 22.6 Å². The van der Waals surface area contributed by atoms with E-state index >= 15 is 0 Å². The van der Waals surface area contributed by atoms with Gasteiger partial charge in [-0.05, 0) is 57.6 Å². The Balaban J connectivity index is 1.52. The van der Waals surface area contributed by atoms with E-state index in [4.69, 9.17) is 31.8 Å². The minimum Gasteiger partial charge on any atom is -0.487 e. The summed E-state index contributed by atoms with van der Waals surface area (Å²) in [6.45, 7) is 8.56. The number of hydrogen-bond acceptors (Lipinski definition) is 6. The molecule has 4 rings (SSSR count). The first-order chi connectivity index (χ1) is 17.0. The van der Waals surface area contributed by atoms with Crippen molar-refractivity contribution in [2.75, 3.05) is 13.7 Å². The molecule has 2 aliphatic heterocycles. The van der Waals surface area contributed by atoms with Crippen LogP contribution in [-0.2, 0) is 14.3 Å². The highest BCUT2D eigenvalue weighted by Crippen LogP contribution is 2.48. The number of rotatable bonds is 9. The van der Waals surface area contributed by atoms with E-state index < -0.39 is 11.1 Å². The topological polar surface area (TPSA) is 106 Å². The Kier molecular flexibility index (Phi) is 7.58. The molecule has 198 valence electrons. The Hall–Kier alpha value is -2.32. The van der Waals surface area contributed by atoms with Crippen LogP contribution >= 0.6 is 11.6 Å². The molecule has 2 heterocycles. The predicted molar refractivity (Wildman–Crippen MR) is 140 cm³/mol. The standard InChI is InChI=1S/C27H39ClN4O4/c1-6-27(7-2)15-22(33)32(25(29)31-27)20(11-12-35-5)16-13-17(16)24(34)30-19-14-26(3,4)36-21-10-8-9-18(28)23(19)21/h8-10,16-17,19-20H,6-7,11-15H2,1-5H3,(H2,29,31)(H,30,34)/t16?,17?,19-,20?/m0/s1. The molecule has 4 atom stereocenters. The van der Waals surface area contributed by atoms with E-state index in [-0.39, 0.29) is 41.7 Å². The second-order valence-electron chi connectivity index (χ2n) is 11.0. The summed E-state index contributed by atoms with van der Waals surface area (Å²) in [5.74, 6) is 0.680. The van der Waals surface area contributed by atoms with E-state index in [1.54, 1.807) is 12.0 Å². The van der Waals surface area contributed by atoms with Crippen molar-refractivity contribution in [3.63, 3.8) is 0 Å². The first-order valence-corrected chi connectivity index (χ1v) is 13.4. The van der Waals surface area contributed by atoms with Gasteiger partial charge in [-0.1, -0.05) is 31.5 Å². The molecule has 8 nitrogen and oxygen atoms in total. The lowest BCUT2D eigenvalue weighted by Crippen LogP contribution is -2.56. The van der Waals surface area contributed by atoms with Crippen LogP contribution in [0.3, 0.4) is 0 Å². The average Bonchev–Trinajstić information content (AvgIpc) is 3.60. The van der Waals surface area contributed by atoms with Gasteiger partial charge in [0.25, 0.3) is 0 Å². The summed E-state index contributed by atoms with van der Waals surface area (Å²) in [6, 6.07) is 5.08. The number of benzene rings is 1. The molecule has 0 saturated heterocycles. The molecule has 3 N–H and O–H groups in total. The average molecular weight is 519 g/mol. The number of nitrogens with zero attached hydrogens (tertiary/aromatic N) is 2. The van der Waals surface area contributed by atoms with E-state index in [0.717, 1.165) is 18.4 Å². The normalized spacial score (nSPS) is 26.9. The molecule has 0 spiro atoms. The number of guanidine groups is 1. The maximum atomic E-state index is 13.4. The van der Waals surface area contributed by atoms with Gasteiger partial charge in [0, 0.05) is 42.7 Å². The van der Waals surface area contributed by atoms with Gasteiger partial charge < -0.3 is 20.5 Å². The number of ether oxygens (including phenoxy) is 2. The summed E-state index contributed by atoms with van der Waals surface area (Å²) < 4.78 is 11.4. The zero-order chi connectivity index (χ0) is 26.3. The summed E-state index contributed by atoms with van der Waals surface area (Å²) in [5.41, 5.74) is 6.33. The van der Waals surface area contributed by atoms with Crippen LogP contribution in [0.1, 0.15) is 77.8 Å². The number of carbonyl (C=O) groups excluding carboxylic acids is 2. The lowest BCUT2D eigenvalue weighted by atomic mass is 9.87. The third-order valence-corrected chi connectivity index (χ3v) is 8.37. The van der Waals surface area contributed by atoms with E-state index in [1.165, 1.54) is 0 Å². The Morgan fingerprint density at radius 2 is 2.08 bits per heavy atom. The molecular weight excluding hydrogens is 480 g/mol. The van der Waals surface area contributed by atoms with Gasteiger partial charge in [0.05, 0.1) is 18.0 Å². The first kappa shape index (κ1) is 26.7. The van der Waals surface area contributed by atoms with Gasteiger partial charge in [-0.25, -0.2) is 4.99 Å². The number of hydrogen-bond donors (Lipinski definition) is 2. The van der Waals surface area contributed by atoms with Gasteiger partial charge in [0.1, 0.15) is 11.4 Å². The molecular formula is C27H39ClN4O4. The number of methoxy groups -OCH3 is 1. The molecule has 0 bridgehead atoms. The van der Waals surface area contributed by atoms with Crippen LogP contribution in [0, 0.1) is 11.8 Å². The number of aliphatic imine (C=N–C) groups is 1. The highest BCUT2D eigenvalue weighted by molar-refractivity contribution is 6.31. The number of halogens is 1. The first-order valence-electron chi connectivity index (χ1n) is 13.0. The monoisotopic (exact) mass is 518 g/mol. The second-order valence-corrected chi connectivity index (χ2v) is 11.4. The van der Waals surface area contributed by atoms with Crippen LogP contribution in [0.2, 0.25) is 5.02 Å². The highest BCUT2D eigenvalue weighted by atomic mass is 35.5. The molecule has 1 aromatic carbocycles. The molecule has 1 aliphatic carbocycles. The minimum atomic E-state index is -0.438. The molecule has 36 heavy (non-hydrogen) atoms. The predicted octanol–water partition coefficient (Wildman–Crippen LogP) is 4.21. The largest absolute Gasteiger partial charge is 0.487 e. The number of amides is 2. The molecule has 1 aromatic rings. The molecule has 0 radical (unpaired) electrons. The van der Waals surface area contributed by atoms with Crippen molar-refractivity contribution in [3.05, 3.63) is 28.8 Å². The second kappa shape index (κ2) is 10.2. The van der Waals surface area contributed by atoms with Crippen molar-refractivity contribution < 1.29 is 19.1 Å². The van der Waals surface area contributed by atoms with Crippen LogP contribution in [0.5, 0.6) is 5.75 Å². The summed E-state index contributed by atoms with van der Waals surface area (Å²) in [6.07, 6.45) is 3.74. The summed E-state index contributed by atoms with van der Waals surface area (Å²) in [4.78, 5) is 33.1. The highest BCUT2D eigenvalue weighted by Gasteiger charge is 2.53. The van der Waals surface area contributed by atoms with Crippen LogP contribution in [0.15, 0.2) is 23.2 Å². The van der Waals surface area contributed by atoms with Crippen LogP contribution in [0.25, 0.3) is 0 Å². The van der Waals surface area contributed by atoms with Crippen molar-refractivity contribution in [3.8, 4) is 5.75 Å². The minimum absolute atomic E-state index is 0.00725. The van der Waals surface area contributed by atoms with E-state index in [9.17, 15) is 9.59 Å². The van der Waals surface area contributed by atoms with Crippen LogP contribution in [0.4, 0.5) is 0 Å². The van der Waals surface area contributed by atoms with Crippen molar-refractivity contribution in [1.29, 1.82) is 0 Å². The van der Waals surface area contributed by atoms with Crippen molar-refractivity contribution in [1.82, 2.24) is 10.2 Å². The fourth-order valence-electron chi connectivity index (χ4n) is 5.84. The molecule has 1 saturated carbocycles. The van der Waals surface area contributed by atoms with Crippen molar-refractivity contribution in [2.45, 2.75) is 89.4 Å². The summed E-state index contributed by atoms with van der Waals surface area (Å²) >= 11 is 6.51. The quantitative estimate of drug-likeness (QED) is 0.509. The van der Waals surface area contributed by atoms with Gasteiger partial charge in [-0.15, -0.1) is 0 Å². The maximum Gasteiger partial charge on any atom is 0.231 e. The number of nitrogens with one attached hydrogen (secondary N) is 1. The Morgan fingerprint density at radius 1 is 1.36 bits per heavy atom. The SMILES string of the molecule is CCC1(CC)CC(=O)N(C(CCOC)C2CC2C(=O)N[C@H]2CC(C)(C)Oc3cccc(Cl)c32)C(N)=N1. The Morgan fingerprint density at radius 3 is 2.72 bits per heavy atom. The zero-order valence-electron chi connectivity index (χ0n) is 22.0. The number of fused-ring (bicyclic) bond motifs is 1. The lowest BCUT2D eigenvalue weighted by Gasteiger charge is -2.40. The fourth-order valence-corrected chi connectivity index (χ4v) is 6.14. The maximum absolute atomic E-state index is 13.4. The molecule has 0 aromatic heterocycles. The van der Waals surface area contributed by atoms with Gasteiger partial charge in [0.2, 0.25) is 11.8 Å². The zero-order valence-corrected chi connectivity index (χ0v) is 22.7. The van der Waals surface area contributed by atoms with Gasteiger partial charge in [0.15, 0.2) is 5.96 Å². The van der Waals surface area contributed by atoms with Crippen molar-refractivity contribution >= 4 is 29.4 Å². The number of carbonyl (C=O) groups is 2. The molecule has 1 fully saturated rings. The Labute approximate surface area is 218 Å². The van der Waals surface area contributed by atoms with Gasteiger partial charge >= 0.3 is 0 Å². The molecule has 3 aliphatic rings. The number of nitrogens with two attached hydrogens (primary N) is 1.